The Morgan fingerprint density at radius 2 is 1.85 bits per heavy atom. The molecule has 0 spiro atoms. The van der Waals surface area contributed by atoms with Gasteiger partial charge >= 0.3 is 5.63 Å². The Labute approximate surface area is 119 Å². The van der Waals surface area contributed by atoms with Gasteiger partial charge in [0.2, 0.25) is 0 Å². The number of benzene rings is 1. The third kappa shape index (κ3) is 4.12. The molecule has 0 bridgehead atoms. The SMILES string of the molecule is CC(C)CCCC(C)Oc1ccc2ccc(=O)oc2c1. The third-order valence-electron chi connectivity index (χ3n) is 3.32. The molecule has 0 N–H and O–H groups in total. The van der Waals surface area contributed by atoms with Crippen LogP contribution >= 0.6 is 0 Å². The summed E-state index contributed by atoms with van der Waals surface area (Å²) in [6.07, 6.45) is 3.60. The molecule has 1 unspecified atom stereocenters. The fourth-order valence-corrected chi connectivity index (χ4v) is 2.22. The van der Waals surface area contributed by atoms with Crippen molar-refractivity contribution in [2.75, 3.05) is 0 Å². The van der Waals surface area contributed by atoms with Crippen molar-refractivity contribution < 1.29 is 9.15 Å². The molecule has 1 aromatic carbocycles. The fourth-order valence-electron chi connectivity index (χ4n) is 2.22. The second-order valence-corrected chi connectivity index (χ2v) is 5.71. The molecule has 108 valence electrons. The highest BCUT2D eigenvalue weighted by Gasteiger charge is 2.06. The van der Waals surface area contributed by atoms with Gasteiger partial charge in [0.05, 0.1) is 6.10 Å². The van der Waals surface area contributed by atoms with E-state index in [-0.39, 0.29) is 11.7 Å². The number of hydrogen-bond donors (Lipinski definition) is 0. The Morgan fingerprint density at radius 3 is 2.60 bits per heavy atom. The molecule has 1 atom stereocenters. The second kappa shape index (κ2) is 6.60. The molecule has 1 heterocycles. The van der Waals surface area contributed by atoms with Crippen molar-refractivity contribution in [3.8, 4) is 5.75 Å². The van der Waals surface area contributed by atoms with E-state index >= 15 is 0 Å². The summed E-state index contributed by atoms with van der Waals surface area (Å²) in [5, 5.41) is 0.907. The van der Waals surface area contributed by atoms with Crippen molar-refractivity contribution in [1.82, 2.24) is 0 Å². The van der Waals surface area contributed by atoms with E-state index in [1.54, 1.807) is 12.1 Å². The predicted molar refractivity (Wildman–Crippen MR) is 81.3 cm³/mol. The van der Waals surface area contributed by atoms with E-state index in [0.717, 1.165) is 23.5 Å². The Hall–Kier alpha value is -1.77. The van der Waals surface area contributed by atoms with E-state index in [9.17, 15) is 4.79 Å². The summed E-state index contributed by atoms with van der Waals surface area (Å²) in [5.74, 6) is 1.49. The monoisotopic (exact) mass is 274 g/mol. The Kier molecular flexibility index (Phi) is 4.83. The molecule has 20 heavy (non-hydrogen) atoms. The van der Waals surface area contributed by atoms with Gasteiger partial charge in [-0.15, -0.1) is 0 Å². The van der Waals surface area contributed by atoms with E-state index in [2.05, 4.69) is 20.8 Å². The molecule has 0 saturated carbocycles. The lowest BCUT2D eigenvalue weighted by Crippen LogP contribution is -2.11. The molecule has 2 rings (SSSR count). The zero-order valence-corrected chi connectivity index (χ0v) is 12.4. The highest BCUT2D eigenvalue weighted by Crippen LogP contribution is 2.21. The van der Waals surface area contributed by atoms with Gasteiger partial charge in [0.15, 0.2) is 0 Å². The number of fused-ring (bicyclic) bond motifs is 1. The van der Waals surface area contributed by atoms with Crippen LogP contribution in [0, 0.1) is 5.92 Å². The van der Waals surface area contributed by atoms with Crippen molar-refractivity contribution in [2.24, 2.45) is 5.92 Å². The van der Waals surface area contributed by atoms with Crippen LogP contribution in [-0.2, 0) is 0 Å². The molecule has 0 radical (unpaired) electrons. The first kappa shape index (κ1) is 14.6. The summed E-state index contributed by atoms with van der Waals surface area (Å²) in [6, 6.07) is 8.81. The van der Waals surface area contributed by atoms with Gasteiger partial charge < -0.3 is 9.15 Å². The average Bonchev–Trinajstić information content (AvgIpc) is 2.37. The van der Waals surface area contributed by atoms with Crippen LogP contribution in [0.1, 0.15) is 40.0 Å². The van der Waals surface area contributed by atoms with Gasteiger partial charge in [-0.3, -0.25) is 0 Å². The minimum absolute atomic E-state index is 0.168. The lowest BCUT2D eigenvalue weighted by Gasteiger charge is -2.15. The molecular weight excluding hydrogens is 252 g/mol. The van der Waals surface area contributed by atoms with Crippen molar-refractivity contribution in [1.29, 1.82) is 0 Å². The maximum Gasteiger partial charge on any atom is 0.336 e. The molecule has 2 aromatic rings. The average molecular weight is 274 g/mol. The first-order valence-corrected chi connectivity index (χ1v) is 7.25. The fraction of sp³-hybridized carbons (Fsp3) is 0.471. The van der Waals surface area contributed by atoms with Gasteiger partial charge in [-0.05, 0) is 43.9 Å². The molecule has 1 aromatic heterocycles. The quantitative estimate of drug-likeness (QED) is 0.733. The van der Waals surface area contributed by atoms with E-state index in [1.807, 2.05) is 12.1 Å². The molecule has 0 saturated heterocycles. The van der Waals surface area contributed by atoms with E-state index in [4.69, 9.17) is 9.15 Å². The summed E-state index contributed by atoms with van der Waals surface area (Å²) < 4.78 is 11.0. The maximum absolute atomic E-state index is 11.2. The molecule has 3 heteroatoms. The largest absolute Gasteiger partial charge is 0.491 e. The molecule has 0 aliphatic carbocycles. The first-order valence-electron chi connectivity index (χ1n) is 7.25. The number of hydrogen-bond acceptors (Lipinski definition) is 3. The van der Waals surface area contributed by atoms with Crippen molar-refractivity contribution in [3.05, 3.63) is 40.8 Å². The van der Waals surface area contributed by atoms with Crippen LogP contribution in [0.4, 0.5) is 0 Å². The van der Waals surface area contributed by atoms with Gasteiger partial charge in [-0.1, -0.05) is 20.3 Å². The maximum atomic E-state index is 11.2. The van der Waals surface area contributed by atoms with Gasteiger partial charge in [-0.2, -0.15) is 0 Å². The highest BCUT2D eigenvalue weighted by atomic mass is 16.5. The summed E-state index contributed by atoms with van der Waals surface area (Å²) in [4.78, 5) is 11.2. The second-order valence-electron chi connectivity index (χ2n) is 5.71. The Bertz CT molecular complexity index is 613. The van der Waals surface area contributed by atoms with Crippen LogP contribution in [0.25, 0.3) is 11.0 Å². The van der Waals surface area contributed by atoms with E-state index in [1.165, 1.54) is 18.9 Å². The number of ether oxygens (including phenoxy) is 1. The minimum Gasteiger partial charge on any atom is -0.491 e. The minimum atomic E-state index is -0.334. The summed E-state index contributed by atoms with van der Waals surface area (Å²) in [5.41, 5.74) is 0.240. The highest BCUT2D eigenvalue weighted by molar-refractivity contribution is 5.77. The standard InChI is InChI=1S/C17H22O3/c1-12(2)5-4-6-13(3)19-15-9-7-14-8-10-17(18)20-16(14)11-15/h7-13H,4-6H2,1-3H3. The van der Waals surface area contributed by atoms with Crippen molar-refractivity contribution >= 4 is 11.0 Å². The summed E-state index contributed by atoms with van der Waals surface area (Å²) in [7, 11) is 0. The van der Waals surface area contributed by atoms with Crippen LogP contribution in [-0.4, -0.2) is 6.10 Å². The predicted octanol–water partition coefficient (Wildman–Crippen LogP) is 4.39. The van der Waals surface area contributed by atoms with Crippen LogP contribution in [0.2, 0.25) is 0 Å². The molecule has 0 fully saturated rings. The topological polar surface area (TPSA) is 39.4 Å². The Balaban J connectivity index is 2.00. The van der Waals surface area contributed by atoms with Crippen LogP contribution in [0.3, 0.4) is 0 Å². The van der Waals surface area contributed by atoms with Crippen LogP contribution in [0.15, 0.2) is 39.5 Å². The van der Waals surface area contributed by atoms with Gasteiger partial charge in [0.25, 0.3) is 0 Å². The van der Waals surface area contributed by atoms with Gasteiger partial charge in [-0.25, -0.2) is 4.79 Å². The molecule has 0 aliphatic rings. The van der Waals surface area contributed by atoms with Crippen molar-refractivity contribution in [3.63, 3.8) is 0 Å². The normalized spacial score (nSPS) is 12.8. The zero-order chi connectivity index (χ0) is 14.5. The van der Waals surface area contributed by atoms with Gasteiger partial charge in [0, 0.05) is 17.5 Å². The summed E-state index contributed by atoms with van der Waals surface area (Å²) in [6.45, 7) is 6.54. The number of rotatable bonds is 6. The third-order valence-corrected chi connectivity index (χ3v) is 3.32. The van der Waals surface area contributed by atoms with Gasteiger partial charge in [0.1, 0.15) is 11.3 Å². The first-order chi connectivity index (χ1) is 9.54. The molecular formula is C17H22O3. The lowest BCUT2D eigenvalue weighted by atomic mass is 10.0. The van der Waals surface area contributed by atoms with Crippen molar-refractivity contribution in [2.45, 2.75) is 46.1 Å². The lowest BCUT2D eigenvalue weighted by molar-refractivity contribution is 0.204. The summed E-state index contributed by atoms with van der Waals surface area (Å²) >= 11 is 0. The molecule has 0 aliphatic heterocycles. The molecule has 3 nitrogen and oxygen atoms in total. The van der Waals surface area contributed by atoms with Crippen LogP contribution in [0.5, 0.6) is 5.75 Å². The zero-order valence-electron chi connectivity index (χ0n) is 12.4. The van der Waals surface area contributed by atoms with E-state index in [0.29, 0.717) is 5.58 Å². The van der Waals surface area contributed by atoms with Crippen LogP contribution < -0.4 is 10.4 Å². The molecule has 0 amide bonds. The van der Waals surface area contributed by atoms with E-state index < -0.39 is 0 Å². The Morgan fingerprint density at radius 1 is 1.10 bits per heavy atom. The smallest absolute Gasteiger partial charge is 0.336 e.